The monoisotopic (exact) mass is 145 g/mol. The highest BCUT2D eigenvalue weighted by Gasteiger charge is 2.24. The Morgan fingerprint density at radius 3 is 2.70 bits per heavy atom. The van der Waals surface area contributed by atoms with E-state index in [1.807, 2.05) is 0 Å². The SMILES string of the molecule is O=C(O)C1CC(O)CCN1. The van der Waals surface area contributed by atoms with Crippen LogP contribution in [0.4, 0.5) is 0 Å². The van der Waals surface area contributed by atoms with E-state index in [1.54, 1.807) is 0 Å². The minimum absolute atomic E-state index is 0.329. The molecule has 0 saturated carbocycles. The number of carbonyl (C=O) groups is 1. The lowest BCUT2D eigenvalue weighted by Crippen LogP contribution is -2.45. The molecule has 0 bridgehead atoms. The van der Waals surface area contributed by atoms with Gasteiger partial charge in [0.15, 0.2) is 0 Å². The smallest absolute Gasteiger partial charge is 0.320 e. The van der Waals surface area contributed by atoms with Crippen LogP contribution in [-0.2, 0) is 4.79 Å². The molecule has 1 aliphatic heterocycles. The van der Waals surface area contributed by atoms with Gasteiger partial charge in [0, 0.05) is 0 Å². The van der Waals surface area contributed by atoms with Crippen LogP contribution in [0, 0.1) is 0 Å². The first-order valence-electron chi connectivity index (χ1n) is 3.34. The standard InChI is InChI=1S/C6H11NO3/c8-4-1-2-7-5(3-4)6(9)10/h4-5,7-8H,1-3H2,(H,9,10). The molecule has 1 saturated heterocycles. The number of hydrogen-bond donors (Lipinski definition) is 3. The van der Waals surface area contributed by atoms with Crippen LogP contribution in [0.15, 0.2) is 0 Å². The zero-order chi connectivity index (χ0) is 7.56. The van der Waals surface area contributed by atoms with Crippen LogP contribution in [0.2, 0.25) is 0 Å². The van der Waals surface area contributed by atoms with Gasteiger partial charge in [0.1, 0.15) is 6.04 Å². The fourth-order valence-electron chi connectivity index (χ4n) is 1.09. The maximum absolute atomic E-state index is 10.3. The minimum Gasteiger partial charge on any atom is -0.480 e. The molecule has 4 nitrogen and oxygen atoms in total. The average Bonchev–Trinajstić information content (AvgIpc) is 1.88. The minimum atomic E-state index is -0.876. The van der Waals surface area contributed by atoms with E-state index in [0.717, 1.165) is 0 Å². The summed E-state index contributed by atoms with van der Waals surface area (Å²) in [6, 6.07) is -0.552. The van der Waals surface area contributed by atoms with Crippen molar-refractivity contribution in [1.29, 1.82) is 0 Å². The lowest BCUT2D eigenvalue weighted by molar-refractivity contribution is -0.141. The van der Waals surface area contributed by atoms with E-state index in [9.17, 15) is 4.79 Å². The Morgan fingerprint density at radius 1 is 1.60 bits per heavy atom. The summed E-state index contributed by atoms with van der Waals surface area (Å²) < 4.78 is 0. The number of rotatable bonds is 1. The maximum Gasteiger partial charge on any atom is 0.320 e. The Hall–Kier alpha value is -0.610. The zero-order valence-electron chi connectivity index (χ0n) is 5.58. The van der Waals surface area contributed by atoms with Gasteiger partial charge < -0.3 is 15.5 Å². The Labute approximate surface area is 58.9 Å². The molecule has 0 aliphatic carbocycles. The molecule has 1 rings (SSSR count). The fraction of sp³-hybridized carbons (Fsp3) is 0.833. The molecule has 58 valence electrons. The van der Waals surface area contributed by atoms with Gasteiger partial charge >= 0.3 is 5.97 Å². The van der Waals surface area contributed by atoms with Crippen molar-refractivity contribution in [2.75, 3.05) is 6.54 Å². The fourth-order valence-corrected chi connectivity index (χ4v) is 1.09. The van der Waals surface area contributed by atoms with Gasteiger partial charge in [0.2, 0.25) is 0 Å². The lowest BCUT2D eigenvalue weighted by atomic mass is 10.0. The second-order valence-corrected chi connectivity index (χ2v) is 2.52. The predicted octanol–water partition coefficient (Wildman–Crippen LogP) is -0.816. The molecular weight excluding hydrogens is 134 g/mol. The quantitative estimate of drug-likeness (QED) is 0.451. The molecule has 0 amide bonds. The number of piperidine rings is 1. The topological polar surface area (TPSA) is 69.6 Å². The van der Waals surface area contributed by atoms with Gasteiger partial charge in [-0.05, 0) is 19.4 Å². The van der Waals surface area contributed by atoms with Crippen molar-refractivity contribution in [2.45, 2.75) is 25.0 Å². The number of aliphatic carboxylic acids is 1. The molecule has 0 aromatic heterocycles. The molecule has 3 N–H and O–H groups in total. The molecule has 2 unspecified atom stereocenters. The Kier molecular flexibility index (Phi) is 2.24. The van der Waals surface area contributed by atoms with Crippen LogP contribution >= 0.6 is 0 Å². The van der Waals surface area contributed by atoms with E-state index in [1.165, 1.54) is 0 Å². The zero-order valence-corrected chi connectivity index (χ0v) is 5.58. The number of nitrogens with one attached hydrogen (secondary N) is 1. The van der Waals surface area contributed by atoms with Crippen molar-refractivity contribution < 1.29 is 15.0 Å². The van der Waals surface area contributed by atoms with E-state index < -0.39 is 18.1 Å². The number of carboxylic acid groups (broad SMARTS) is 1. The van der Waals surface area contributed by atoms with Gasteiger partial charge in [-0.25, -0.2) is 0 Å². The maximum atomic E-state index is 10.3. The second kappa shape index (κ2) is 2.98. The Morgan fingerprint density at radius 2 is 2.30 bits per heavy atom. The summed E-state index contributed by atoms with van der Waals surface area (Å²) in [5.41, 5.74) is 0. The summed E-state index contributed by atoms with van der Waals surface area (Å²) in [5, 5.41) is 20.3. The predicted molar refractivity (Wildman–Crippen MR) is 34.7 cm³/mol. The van der Waals surface area contributed by atoms with Gasteiger partial charge in [0.25, 0.3) is 0 Å². The third-order valence-corrected chi connectivity index (χ3v) is 1.67. The molecule has 10 heavy (non-hydrogen) atoms. The van der Waals surface area contributed by atoms with Crippen LogP contribution in [-0.4, -0.2) is 34.9 Å². The normalized spacial score (nSPS) is 33.7. The van der Waals surface area contributed by atoms with Gasteiger partial charge in [-0.15, -0.1) is 0 Å². The highest BCUT2D eigenvalue weighted by atomic mass is 16.4. The first-order valence-corrected chi connectivity index (χ1v) is 3.34. The van der Waals surface area contributed by atoms with Crippen LogP contribution in [0.25, 0.3) is 0 Å². The Balaban J connectivity index is 2.39. The van der Waals surface area contributed by atoms with Gasteiger partial charge in [0.05, 0.1) is 6.10 Å². The lowest BCUT2D eigenvalue weighted by Gasteiger charge is -2.23. The summed E-state index contributed by atoms with van der Waals surface area (Å²) in [6.07, 6.45) is 0.543. The molecule has 0 spiro atoms. The summed E-state index contributed by atoms with van der Waals surface area (Å²) in [4.78, 5) is 10.3. The largest absolute Gasteiger partial charge is 0.480 e. The van der Waals surface area contributed by atoms with Crippen molar-refractivity contribution in [3.63, 3.8) is 0 Å². The van der Waals surface area contributed by atoms with Crippen molar-refractivity contribution in [3.05, 3.63) is 0 Å². The van der Waals surface area contributed by atoms with Crippen molar-refractivity contribution in [1.82, 2.24) is 5.32 Å². The first-order chi connectivity index (χ1) is 4.70. The highest BCUT2D eigenvalue weighted by molar-refractivity contribution is 5.73. The molecule has 0 aromatic rings. The third-order valence-electron chi connectivity index (χ3n) is 1.67. The molecule has 0 aromatic carbocycles. The molecule has 1 fully saturated rings. The summed E-state index contributed by atoms with van der Waals surface area (Å²) in [6.45, 7) is 0.595. The number of hydrogen-bond acceptors (Lipinski definition) is 3. The number of carboxylic acids is 1. The average molecular weight is 145 g/mol. The van der Waals surface area contributed by atoms with Crippen molar-refractivity contribution in [2.24, 2.45) is 0 Å². The van der Waals surface area contributed by atoms with Crippen LogP contribution in [0.1, 0.15) is 12.8 Å². The second-order valence-electron chi connectivity index (χ2n) is 2.52. The summed E-state index contributed by atoms with van der Waals surface area (Å²) in [7, 11) is 0. The number of aliphatic hydroxyl groups excluding tert-OH is 1. The first kappa shape index (κ1) is 7.50. The number of aliphatic hydroxyl groups is 1. The van der Waals surface area contributed by atoms with E-state index in [2.05, 4.69) is 5.32 Å². The van der Waals surface area contributed by atoms with Crippen LogP contribution in [0.3, 0.4) is 0 Å². The summed E-state index contributed by atoms with van der Waals surface area (Å²) >= 11 is 0. The van der Waals surface area contributed by atoms with Gasteiger partial charge in [-0.2, -0.15) is 0 Å². The Bertz CT molecular complexity index is 137. The molecule has 1 heterocycles. The van der Waals surface area contributed by atoms with Gasteiger partial charge in [-0.1, -0.05) is 0 Å². The molecular formula is C6H11NO3. The van der Waals surface area contributed by atoms with E-state index in [4.69, 9.17) is 10.2 Å². The van der Waals surface area contributed by atoms with E-state index in [-0.39, 0.29) is 0 Å². The molecule has 1 aliphatic rings. The van der Waals surface area contributed by atoms with Crippen LogP contribution in [0.5, 0.6) is 0 Å². The van der Waals surface area contributed by atoms with E-state index in [0.29, 0.717) is 19.4 Å². The van der Waals surface area contributed by atoms with Crippen molar-refractivity contribution in [3.8, 4) is 0 Å². The molecule has 2 atom stereocenters. The molecule has 0 radical (unpaired) electrons. The van der Waals surface area contributed by atoms with Crippen molar-refractivity contribution >= 4 is 5.97 Å². The van der Waals surface area contributed by atoms with E-state index >= 15 is 0 Å². The van der Waals surface area contributed by atoms with Crippen LogP contribution < -0.4 is 5.32 Å². The molecule has 4 heteroatoms. The summed E-state index contributed by atoms with van der Waals surface area (Å²) in [5.74, 6) is -0.876. The third kappa shape index (κ3) is 1.68. The highest BCUT2D eigenvalue weighted by Crippen LogP contribution is 2.07. The van der Waals surface area contributed by atoms with Gasteiger partial charge in [-0.3, -0.25) is 4.79 Å².